The molecule has 0 radical (unpaired) electrons. The zero-order chi connectivity index (χ0) is 12.2. The molecule has 0 spiro atoms. The van der Waals surface area contributed by atoms with E-state index in [-0.39, 0.29) is 0 Å². The Kier molecular flexibility index (Phi) is 3.07. The molecule has 3 nitrogen and oxygen atoms in total. The Labute approximate surface area is 105 Å². The number of rotatable bonds is 4. The highest BCUT2D eigenvalue weighted by atomic mass is 16.5. The third-order valence-electron chi connectivity index (χ3n) is 2.72. The maximum absolute atomic E-state index is 5.64. The Bertz CT molecular complexity index is 598. The minimum absolute atomic E-state index is 0.476. The highest BCUT2D eigenvalue weighted by Gasteiger charge is 2.03. The van der Waals surface area contributed by atoms with Gasteiger partial charge in [0.15, 0.2) is 0 Å². The van der Waals surface area contributed by atoms with Crippen LogP contribution in [0.4, 0.5) is 0 Å². The molecular formula is C15H13NO2. The lowest BCUT2D eigenvalue weighted by atomic mass is 10.2. The molecule has 90 valence electrons. The van der Waals surface area contributed by atoms with Crippen molar-refractivity contribution >= 4 is 11.0 Å². The van der Waals surface area contributed by atoms with Crippen LogP contribution in [-0.4, -0.2) is 4.98 Å². The maximum atomic E-state index is 5.64. The number of benzene rings is 1. The van der Waals surface area contributed by atoms with Gasteiger partial charge in [-0.2, -0.15) is 0 Å². The number of aromatic nitrogens is 1. The summed E-state index contributed by atoms with van der Waals surface area (Å²) in [5, 5.41) is 1.01. The fraction of sp³-hybridized carbons (Fsp3) is 0.133. The van der Waals surface area contributed by atoms with E-state index in [0.29, 0.717) is 13.2 Å². The fourth-order valence-electron chi connectivity index (χ4n) is 1.85. The molecule has 0 aliphatic carbocycles. The van der Waals surface area contributed by atoms with Crippen LogP contribution in [0.2, 0.25) is 0 Å². The molecule has 18 heavy (non-hydrogen) atoms. The SMILES string of the molecule is c1ccc(COCc2cc3cnccc3o2)cc1. The van der Waals surface area contributed by atoms with Gasteiger partial charge >= 0.3 is 0 Å². The van der Waals surface area contributed by atoms with Crippen molar-refractivity contribution in [3.8, 4) is 0 Å². The van der Waals surface area contributed by atoms with Crippen molar-refractivity contribution < 1.29 is 9.15 Å². The lowest BCUT2D eigenvalue weighted by Crippen LogP contribution is -1.92. The van der Waals surface area contributed by atoms with E-state index in [1.54, 1.807) is 12.4 Å². The van der Waals surface area contributed by atoms with Crippen molar-refractivity contribution in [1.29, 1.82) is 0 Å². The smallest absolute Gasteiger partial charge is 0.137 e. The summed E-state index contributed by atoms with van der Waals surface area (Å²) in [4.78, 5) is 4.05. The molecule has 2 aromatic heterocycles. The number of furan rings is 1. The van der Waals surface area contributed by atoms with Gasteiger partial charge in [-0.05, 0) is 17.7 Å². The van der Waals surface area contributed by atoms with Crippen LogP contribution in [-0.2, 0) is 18.0 Å². The van der Waals surface area contributed by atoms with Gasteiger partial charge < -0.3 is 9.15 Å². The van der Waals surface area contributed by atoms with Gasteiger partial charge in [-0.15, -0.1) is 0 Å². The molecule has 0 saturated carbocycles. The second kappa shape index (κ2) is 5.02. The molecular weight excluding hydrogens is 226 g/mol. The highest BCUT2D eigenvalue weighted by Crippen LogP contribution is 2.18. The summed E-state index contributed by atoms with van der Waals surface area (Å²) < 4.78 is 11.3. The van der Waals surface area contributed by atoms with Crippen molar-refractivity contribution in [2.75, 3.05) is 0 Å². The van der Waals surface area contributed by atoms with E-state index in [9.17, 15) is 0 Å². The van der Waals surface area contributed by atoms with Crippen LogP contribution >= 0.6 is 0 Å². The van der Waals surface area contributed by atoms with Gasteiger partial charge in [0.25, 0.3) is 0 Å². The van der Waals surface area contributed by atoms with Gasteiger partial charge in [0.2, 0.25) is 0 Å². The second-order valence-electron chi connectivity index (χ2n) is 4.10. The number of nitrogens with zero attached hydrogens (tertiary/aromatic N) is 1. The normalized spacial score (nSPS) is 10.9. The summed E-state index contributed by atoms with van der Waals surface area (Å²) in [6.45, 7) is 1.07. The summed E-state index contributed by atoms with van der Waals surface area (Å²) in [5.41, 5.74) is 2.01. The molecule has 1 aromatic carbocycles. The monoisotopic (exact) mass is 239 g/mol. The minimum atomic E-state index is 0.476. The largest absolute Gasteiger partial charge is 0.458 e. The van der Waals surface area contributed by atoms with Crippen molar-refractivity contribution in [1.82, 2.24) is 4.98 Å². The van der Waals surface area contributed by atoms with Gasteiger partial charge in [0, 0.05) is 17.8 Å². The summed E-state index contributed by atoms with van der Waals surface area (Å²) >= 11 is 0. The fourth-order valence-corrected chi connectivity index (χ4v) is 1.85. The molecule has 2 heterocycles. The van der Waals surface area contributed by atoms with Crippen LogP contribution in [0.3, 0.4) is 0 Å². The third-order valence-corrected chi connectivity index (χ3v) is 2.72. The molecule has 0 fully saturated rings. The summed E-state index contributed by atoms with van der Waals surface area (Å²) in [5.74, 6) is 0.828. The first-order valence-corrected chi connectivity index (χ1v) is 5.86. The standard InChI is InChI=1S/C15H13NO2/c1-2-4-12(5-3-1)10-17-11-14-8-13-9-16-7-6-15(13)18-14/h1-9H,10-11H2. The van der Waals surface area contributed by atoms with E-state index in [0.717, 1.165) is 22.3 Å². The number of hydrogen-bond donors (Lipinski definition) is 0. The average molecular weight is 239 g/mol. The Morgan fingerprint density at radius 2 is 1.94 bits per heavy atom. The van der Waals surface area contributed by atoms with Crippen LogP contribution in [0.25, 0.3) is 11.0 Å². The van der Waals surface area contributed by atoms with Crippen LogP contribution < -0.4 is 0 Å². The molecule has 3 rings (SSSR count). The highest BCUT2D eigenvalue weighted by molar-refractivity contribution is 5.76. The Balaban J connectivity index is 1.63. The molecule has 0 atom stereocenters. The van der Waals surface area contributed by atoms with Crippen molar-refractivity contribution in [2.24, 2.45) is 0 Å². The van der Waals surface area contributed by atoms with Crippen LogP contribution in [0.15, 0.2) is 59.3 Å². The lowest BCUT2D eigenvalue weighted by Gasteiger charge is -2.01. The van der Waals surface area contributed by atoms with Crippen LogP contribution in [0.5, 0.6) is 0 Å². The maximum Gasteiger partial charge on any atom is 0.137 e. The second-order valence-corrected chi connectivity index (χ2v) is 4.10. The van der Waals surface area contributed by atoms with E-state index in [1.807, 2.05) is 42.5 Å². The Morgan fingerprint density at radius 3 is 2.78 bits per heavy atom. The topological polar surface area (TPSA) is 35.3 Å². The zero-order valence-corrected chi connectivity index (χ0v) is 9.87. The van der Waals surface area contributed by atoms with Crippen LogP contribution in [0, 0.1) is 0 Å². The molecule has 3 heteroatoms. The van der Waals surface area contributed by atoms with Crippen LogP contribution in [0.1, 0.15) is 11.3 Å². The van der Waals surface area contributed by atoms with Gasteiger partial charge in [0.1, 0.15) is 18.0 Å². The van der Waals surface area contributed by atoms with E-state index in [2.05, 4.69) is 4.98 Å². The lowest BCUT2D eigenvalue weighted by molar-refractivity contribution is 0.0941. The molecule has 0 unspecified atom stereocenters. The van der Waals surface area contributed by atoms with Crippen molar-refractivity contribution in [2.45, 2.75) is 13.2 Å². The van der Waals surface area contributed by atoms with E-state index in [1.165, 1.54) is 0 Å². The predicted octanol–water partition coefficient (Wildman–Crippen LogP) is 3.54. The van der Waals surface area contributed by atoms with Gasteiger partial charge in [-0.1, -0.05) is 30.3 Å². The Morgan fingerprint density at radius 1 is 1.06 bits per heavy atom. The molecule has 0 aliphatic heterocycles. The molecule has 0 bridgehead atoms. The first-order chi connectivity index (χ1) is 8.92. The first kappa shape index (κ1) is 11.0. The van der Waals surface area contributed by atoms with E-state index in [4.69, 9.17) is 9.15 Å². The van der Waals surface area contributed by atoms with E-state index >= 15 is 0 Å². The van der Waals surface area contributed by atoms with E-state index < -0.39 is 0 Å². The van der Waals surface area contributed by atoms with Crippen molar-refractivity contribution in [3.05, 3.63) is 66.2 Å². The number of hydrogen-bond acceptors (Lipinski definition) is 3. The van der Waals surface area contributed by atoms with Gasteiger partial charge in [-0.3, -0.25) is 4.98 Å². The van der Waals surface area contributed by atoms with Gasteiger partial charge in [-0.25, -0.2) is 0 Å². The predicted molar refractivity (Wildman–Crippen MR) is 68.9 cm³/mol. The number of ether oxygens (including phenoxy) is 1. The number of fused-ring (bicyclic) bond motifs is 1. The first-order valence-electron chi connectivity index (χ1n) is 5.86. The molecule has 3 aromatic rings. The average Bonchev–Trinajstić information content (AvgIpc) is 2.82. The van der Waals surface area contributed by atoms with Gasteiger partial charge in [0.05, 0.1) is 6.61 Å². The molecule has 0 N–H and O–H groups in total. The molecule has 0 saturated heterocycles. The molecule has 0 aliphatic rings. The van der Waals surface area contributed by atoms with Crippen molar-refractivity contribution in [3.63, 3.8) is 0 Å². The Hall–Kier alpha value is -2.13. The quantitative estimate of drug-likeness (QED) is 0.698. The minimum Gasteiger partial charge on any atom is -0.458 e. The third kappa shape index (κ3) is 2.41. The summed E-state index contributed by atoms with van der Waals surface area (Å²) in [6, 6.07) is 13.9. The summed E-state index contributed by atoms with van der Waals surface area (Å²) in [6.07, 6.45) is 3.51. The molecule has 0 amide bonds. The zero-order valence-electron chi connectivity index (χ0n) is 9.87. The summed E-state index contributed by atoms with van der Waals surface area (Å²) in [7, 11) is 0. The number of pyridine rings is 1.